The first-order valence-electron chi connectivity index (χ1n) is 10.9. The van der Waals surface area contributed by atoms with Gasteiger partial charge in [-0.25, -0.2) is 4.68 Å². The van der Waals surface area contributed by atoms with E-state index in [1.165, 1.54) is 21.9 Å². The van der Waals surface area contributed by atoms with E-state index in [0.717, 1.165) is 35.1 Å². The molecule has 0 aliphatic carbocycles. The lowest BCUT2D eigenvalue weighted by Crippen LogP contribution is -2.49. The van der Waals surface area contributed by atoms with Crippen LogP contribution in [-0.4, -0.2) is 46.8 Å². The van der Waals surface area contributed by atoms with E-state index in [2.05, 4.69) is 29.9 Å². The van der Waals surface area contributed by atoms with Crippen LogP contribution in [0.2, 0.25) is 5.02 Å². The van der Waals surface area contributed by atoms with Gasteiger partial charge in [0.1, 0.15) is 0 Å². The lowest BCUT2D eigenvalue weighted by atomic mass is 10.0. The van der Waals surface area contributed by atoms with Gasteiger partial charge in [0.25, 0.3) is 5.56 Å². The third kappa shape index (κ3) is 4.86. The van der Waals surface area contributed by atoms with Crippen molar-refractivity contribution >= 4 is 23.2 Å². The van der Waals surface area contributed by atoms with Gasteiger partial charge in [-0.2, -0.15) is 5.10 Å². The molecule has 1 fully saturated rings. The first-order valence-corrected chi connectivity index (χ1v) is 11.2. The van der Waals surface area contributed by atoms with Gasteiger partial charge in [0.2, 0.25) is 5.91 Å². The zero-order valence-corrected chi connectivity index (χ0v) is 19.2. The Bertz CT molecular complexity index is 1180. The summed E-state index contributed by atoms with van der Waals surface area (Å²) in [6, 6.07) is 17.1. The van der Waals surface area contributed by atoms with E-state index in [9.17, 15) is 9.59 Å². The summed E-state index contributed by atoms with van der Waals surface area (Å²) in [7, 11) is 0. The Balaban J connectivity index is 1.37. The maximum absolute atomic E-state index is 12.8. The van der Waals surface area contributed by atoms with Crippen molar-refractivity contribution in [2.24, 2.45) is 0 Å². The average molecular weight is 451 g/mol. The summed E-state index contributed by atoms with van der Waals surface area (Å²) in [5.41, 5.74) is 4.88. The number of nitrogens with zero attached hydrogens (tertiary/aromatic N) is 4. The fourth-order valence-corrected chi connectivity index (χ4v) is 4.18. The van der Waals surface area contributed by atoms with Crippen LogP contribution in [0.15, 0.2) is 59.4 Å². The molecule has 1 aromatic heterocycles. The summed E-state index contributed by atoms with van der Waals surface area (Å²) in [4.78, 5) is 29.1. The van der Waals surface area contributed by atoms with Crippen LogP contribution < -0.4 is 10.5 Å². The minimum Gasteiger partial charge on any atom is -0.367 e. The fraction of sp³-hybridized carbons (Fsp3) is 0.320. The fourth-order valence-electron chi connectivity index (χ4n) is 3.93. The number of hydrogen-bond donors (Lipinski definition) is 0. The van der Waals surface area contributed by atoms with Crippen molar-refractivity contribution in [3.63, 3.8) is 0 Å². The van der Waals surface area contributed by atoms with Crippen LogP contribution in [0.1, 0.15) is 17.5 Å². The predicted octanol–water partition coefficient (Wildman–Crippen LogP) is 3.92. The highest BCUT2D eigenvalue weighted by molar-refractivity contribution is 6.33. The number of carbonyl (C=O) groups excluding carboxylic acids is 1. The van der Waals surface area contributed by atoms with Crippen LogP contribution in [0.4, 0.5) is 5.69 Å². The standard InChI is InChI=1S/C25H27ClN4O2/c1-18-7-8-20(17-19(18)2)22-9-10-25(32)30(27-22)12-11-24(31)29-15-13-28(14-16-29)23-6-4-3-5-21(23)26/h3-10,17H,11-16H2,1-2H3. The van der Waals surface area contributed by atoms with Crippen LogP contribution >= 0.6 is 11.6 Å². The molecule has 6 nitrogen and oxygen atoms in total. The van der Waals surface area contributed by atoms with E-state index in [1.807, 2.05) is 41.3 Å². The summed E-state index contributed by atoms with van der Waals surface area (Å²) in [6.07, 6.45) is 0.245. The summed E-state index contributed by atoms with van der Waals surface area (Å²) < 4.78 is 1.39. The van der Waals surface area contributed by atoms with Gasteiger partial charge in [-0.05, 0) is 49.2 Å². The Morgan fingerprint density at radius 1 is 0.969 bits per heavy atom. The molecule has 1 aliphatic heterocycles. The number of rotatable bonds is 5. The molecule has 4 rings (SSSR count). The molecule has 32 heavy (non-hydrogen) atoms. The van der Waals surface area contributed by atoms with Crippen molar-refractivity contribution in [3.05, 3.63) is 81.1 Å². The van der Waals surface area contributed by atoms with Gasteiger partial charge < -0.3 is 9.80 Å². The number of hydrogen-bond acceptors (Lipinski definition) is 4. The number of carbonyl (C=O) groups is 1. The molecule has 1 saturated heterocycles. The van der Waals surface area contributed by atoms with Gasteiger partial charge in [0, 0.05) is 44.2 Å². The first kappa shape index (κ1) is 22.1. The van der Waals surface area contributed by atoms with Gasteiger partial charge in [0.15, 0.2) is 0 Å². The van der Waals surface area contributed by atoms with Crippen molar-refractivity contribution in [3.8, 4) is 11.3 Å². The van der Waals surface area contributed by atoms with Crippen molar-refractivity contribution in [1.82, 2.24) is 14.7 Å². The molecule has 2 aromatic carbocycles. The molecule has 0 spiro atoms. The number of piperazine rings is 1. The second kappa shape index (κ2) is 9.57. The van der Waals surface area contributed by atoms with E-state index in [-0.39, 0.29) is 24.4 Å². The van der Waals surface area contributed by atoms with Gasteiger partial charge in [-0.3, -0.25) is 9.59 Å². The number of aromatic nitrogens is 2. The highest BCUT2D eigenvalue weighted by atomic mass is 35.5. The molecule has 0 unspecified atom stereocenters. The molecule has 2 heterocycles. The lowest BCUT2D eigenvalue weighted by Gasteiger charge is -2.36. The molecule has 0 saturated carbocycles. The zero-order valence-electron chi connectivity index (χ0n) is 18.4. The number of aryl methyl sites for hydroxylation is 3. The molecular weight excluding hydrogens is 424 g/mol. The predicted molar refractivity (Wildman–Crippen MR) is 128 cm³/mol. The molecule has 0 bridgehead atoms. The largest absolute Gasteiger partial charge is 0.367 e. The Labute approximate surface area is 193 Å². The molecule has 0 N–H and O–H groups in total. The number of amides is 1. The van der Waals surface area contributed by atoms with Crippen LogP contribution in [0.5, 0.6) is 0 Å². The smallest absolute Gasteiger partial charge is 0.266 e. The Hall–Kier alpha value is -3.12. The summed E-state index contributed by atoms with van der Waals surface area (Å²) >= 11 is 6.30. The highest BCUT2D eigenvalue weighted by Crippen LogP contribution is 2.26. The Morgan fingerprint density at radius 3 is 2.44 bits per heavy atom. The van der Waals surface area contributed by atoms with Crippen LogP contribution in [0.3, 0.4) is 0 Å². The van der Waals surface area contributed by atoms with E-state index < -0.39 is 0 Å². The van der Waals surface area contributed by atoms with Crippen molar-refractivity contribution in [2.75, 3.05) is 31.1 Å². The van der Waals surface area contributed by atoms with E-state index in [4.69, 9.17) is 11.6 Å². The summed E-state index contributed by atoms with van der Waals surface area (Å²) in [5.74, 6) is 0.0362. The van der Waals surface area contributed by atoms with Gasteiger partial charge >= 0.3 is 0 Å². The molecule has 3 aromatic rings. The van der Waals surface area contributed by atoms with Crippen molar-refractivity contribution in [1.29, 1.82) is 0 Å². The summed E-state index contributed by atoms with van der Waals surface area (Å²) in [5, 5.41) is 5.23. The second-order valence-corrected chi connectivity index (χ2v) is 8.56. The van der Waals surface area contributed by atoms with Crippen LogP contribution in [0.25, 0.3) is 11.3 Å². The lowest BCUT2D eigenvalue weighted by molar-refractivity contribution is -0.131. The number of halogens is 1. The highest BCUT2D eigenvalue weighted by Gasteiger charge is 2.22. The SMILES string of the molecule is Cc1ccc(-c2ccc(=O)n(CCC(=O)N3CCN(c4ccccc4Cl)CC3)n2)cc1C. The van der Waals surface area contributed by atoms with Crippen LogP contribution in [-0.2, 0) is 11.3 Å². The molecule has 0 atom stereocenters. The third-order valence-electron chi connectivity index (χ3n) is 6.03. The topological polar surface area (TPSA) is 58.4 Å². The third-order valence-corrected chi connectivity index (χ3v) is 6.35. The quantitative estimate of drug-likeness (QED) is 0.591. The normalized spacial score (nSPS) is 14.0. The maximum atomic E-state index is 12.8. The minimum atomic E-state index is -0.200. The monoisotopic (exact) mass is 450 g/mol. The summed E-state index contributed by atoms with van der Waals surface area (Å²) in [6.45, 7) is 7.11. The zero-order chi connectivity index (χ0) is 22.7. The Morgan fingerprint density at radius 2 is 1.72 bits per heavy atom. The first-order chi connectivity index (χ1) is 15.4. The van der Waals surface area contributed by atoms with Crippen LogP contribution in [0, 0.1) is 13.8 Å². The molecule has 7 heteroatoms. The van der Waals surface area contributed by atoms with Gasteiger partial charge in [-0.15, -0.1) is 0 Å². The number of para-hydroxylation sites is 1. The molecule has 1 aliphatic rings. The average Bonchev–Trinajstić information content (AvgIpc) is 2.80. The van der Waals surface area contributed by atoms with Gasteiger partial charge in [0.05, 0.1) is 22.9 Å². The van der Waals surface area contributed by atoms with E-state index >= 15 is 0 Å². The van der Waals surface area contributed by atoms with E-state index in [1.54, 1.807) is 6.07 Å². The molecule has 0 radical (unpaired) electrons. The van der Waals surface area contributed by atoms with Gasteiger partial charge in [-0.1, -0.05) is 35.9 Å². The molecule has 166 valence electrons. The second-order valence-electron chi connectivity index (χ2n) is 8.15. The number of anilines is 1. The maximum Gasteiger partial charge on any atom is 0.266 e. The minimum absolute atomic E-state index is 0.0362. The van der Waals surface area contributed by atoms with Crippen molar-refractivity contribution < 1.29 is 4.79 Å². The van der Waals surface area contributed by atoms with Crippen molar-refractivity contribution in [2.45, 2.75) is 26.8 Å². The molecular formula is C25H27ClN4O2. The Kier molecular flexibility index (Phi) is 6.61. The number of benzene rings is 2. The molecule has 1 amide bonds. The van der Waals surface area contributed by atoms with E-state index in [0.29, 0.717) is 13.1 Å².